The number of imidazole rings is 1. The topological polar surface area (TPSA) is 203 Å². The van der Waals surface area contributed by atoms with Crippen molar-refractivity contribution in [3.05, 3.63) is 24.0 Å². The average molecular weight is 521 g/mol. The lowest BCUT2D eigenvalue weighted by atomic mass is 10.0. The molecule has 0 amide bonds. The molecule has 0 radical (unpaired) electrons. The molecule has 0 bridgehead atoms. The van der Waals surface area contributed by atoms with Crippen LogP contribution in [0.1, 0.15) is 57.2 Å². The smallest absolute Gasteiger partial charge is 0.325 e. The van der Waals surface area contributed by atoms with Gasteiger partial charge in [0, 0.05) is 12.1 Å². The molecule has 8 N–H and O–H groups in total. The molecule has 1 fully saturated rings. The molecule has 1 saturated heterocycles. The summed E-state index contributed by atoms with van der Waals surface area (Å²) in [5.74, 6) is 0.252. The summed E-state index contributed by atoms with van der Waals surface area (Å²) in [5.41, 5.74) is 14.4. The van der Waals surface area contributed by atoms with Gasteiger partial charge in [-0.15, -0.1) is 0 Å². The second kappa shape index (κ2) is 10.7. The third-order valence-corrected chi connectivity index (χ3v) is 7.33. The summed E-state index contributed by atoms with van der Waals surface area (Å²) < 4.78 is 18.7. The van der Waals surface area contributed by atoms with Gasteiger partial charge in [-0.25, -0.2) is 15.0 Å². The molecule has 3 unspecified atom stereocenters. The molecule has 0 saturated carbocycles. The Hall–Kier alpha value is -2.76. The van der Waals surface area contributed by atoms with Crippen LogP contribution in [-0.2, 0) is 15.7 Å². The van der Waals surface area contributed by atoms with Crippen molar-refractivity contribution in [2.75, 3.05) is 17.6 Å². The Morgan fingerprint density at radius 1 is 1.19 bits per heavy atom. The highest BCUT2D eigenvalue weighted by molar-refractivity contribution is 7.51. The van der Waals surface area contributed by atoms with E-state index in [0.29, 0.717) is 23.3 Å². The number of phenolic OH excluding ortho intramolecular Hbond substituents is 1. The normalized spacial score (nSPS) is 20.4. The van der Waals surface area contributed by atoms with Crippen LogP contribution in [0, 0.1) is 0 Å². The van der Waals surface area contributed by atoms with Crippen LogP contribution in [0.4, 0.5) is 11.5 Å². The number of aromatic hydroxyl groups is 1. The second-order valence-corrected chi connectivity index (χ2v) is 11.0. The molecule has 4 rings (SSSR count). The first-order chi connectivity index (χ1) is 17.1. The molecule has 196 valence electrons. The highest BCUT2D eigenvalue weighted by atomic mass is 31.2. The predicted octanol–water partition coefficient (Wildman–Crippen LogP) is 2.70. The van der Waals surface area contributed by atoms with Crippen LogP contribution >= 0.6 is 7.60 Å². The van der Waals surface area contributed by atoms with E-state index in [9.17, 15) is 14.8 Å². The maximum absolute atomic E-state index is 11.2. The van der Waals surface area contributed by atoms with E-state index < -0.39 is 32.2 Å². The van der Waals surface area contributed by atoms with Crippen molar-refractivity contribution in [2.24, 2.45) is 0 Å². The van der Waals surface area contributed by atoms with Crippen LogP contribution in [0.2, 0.25) is 0 Å². The van der Waals surface area contributed by atoms with Crippen molar-refractivity contribution in [3.63, 3.8) is 0 Å². The van der Waals surface area contributed by atoms with E-state index >= 15 is 0 Å². The number of aliphatic hydroxyl groups is 1. The van der Waals surface area contributed by atoms with E-state index in [4.69, 9.17) is 26.0 Å². The number of aryl methyl sites for hydroxylation is 1. The van der Waals surface area contributed by atoms with Crippen molar-refractivity contribution in [2.45, 2.75) is 70.3 Å². The number of hydrogen-bond acceptors (Lipinski definition) is 9. The van der Waals surface area contributed by atoms with Crippen molar-refractivity contribution in [1.29, 1.82) is 0 Å². The maximum Gasteiger partial charge on any atom is 0.325 e. The van der Waals surface area contributed by atoms with E-state index in [1.807, 2.05) is 0 Å². The number of nitrogens with zero attached hydrogens (tertiary/aromatic N) is 4. The lowest BCUT2D eigenvalue weighted by Gasteiger charge is -2.16. The molecule has 12 nitrogen and oxygen atoms in total. The lowest BCUT2D eigenvalue weighted by molar-refractivity contribution is -0.0183. The number of rotatable bonds is 10. The molecule has 2 aromatic heterocycles. The van der Waals surface area contributed by atoms with Gasteiger partial charge in [-0.05, 0) is 30.9 Å². The van der Waals surface area contributed by atoms with E-state index in [1.165, 1.54) is 6.33 Å². The molecule has 0 aliphatic carbocycles. The number of ether oxygens (including phenoxy) is 1. The minimum absolute atomic E-state index is 0.00635. The van der Waals surface area contributed by atoms with Gasteiger partial charge in [-0.2, -0.15) is 0 Å². The van der Waals surface area contributed by atoms with Crippen molar-refractivity contribution < 1.29 is 29.3 Å². The number of aliphatic hydroxyl groups excluding tert-OH is 1. The Morgan fingerprint density at radius 2 is 1.97 bits per heavy atom. The van der Waals surface area contributed by atoms with Crippen LogP contribution < -0.4 is 11.5 Å². The fraction of sp³-hybridized carbons (Fsp3) is 0.522. The molecule has 3 atom stereocenters. The van der Waals surface area contributed by atoms with Crippen LogP contribution in [-0.4, -0.2) is 57.9 Å². The Morgan fingerprint density at radius 3 is 2.69 bits per heavy atom. The molecule has 36 heavy (non-hydrogen) atoms. The average Bonchev–Trinajstić information content (AvgIpc) is 3.39. The number of fused-ring (bicyclic) bond motifs is 1. The van der Waals surface area contributed by atoms with Crippen LogP contribution in [0.3, 0.4) is 0 Å². The molecule has 0 spiro atoms. The molecule has 1 aromatic carbocycles. The second-order valence-electron chi connectivity index (χ2n) is 9.21. The highest BCUT2D eigenvalue weighted by Crippen LogP contribution is 2.41. The Kier molecular flexibility index (Phi) is 7.82. The van der Waals surface area contributed by atoms with E-state index in [0.717, 1.165) is 31.2 Å². The number of nitrogen functional groups attached to an aromatic ring is 2. The van der Waals surface area contributed by atoms with Gasteiger partial charge in [0.25, 0.3) is 0 Å². The van der Waals surface area contributed by atoms with Gasteiger partial charge in [0.05, 0.1) is 30.3 Å². The minimum Gasteiger partial charge on any atom is -0.507 e. The van der Waals surface area contributed by atoms with Gasteiger partial charge >= 0.3 is 7.60 Å². The van der Waals surface area contributed by atoms with E-state index in [2.05, 4.69) is 21.9 Å². The number of unbranched alkanes of at least 4 members (excludes halogenated alkanes) is 3. The summed E-state index contributed by atoms with van der Waals surface area (Å²) in [6.45, 7) is 2.14. The molecule has 1 aliphatic rings. The first kappa shape index (κ1) is 26.3. The fourth-order valence-corrected chi connectivity index (χ4v) is 5.12. The summed E-state index contributed by atoms with van der Waals surface area (Å²) in [4.78, 5) is 31.5. The van der Waals surface area contributed by atoms with E-state index in [1.54, 1.807) is 16.7 Å². The van der Waals surface area contributed by atoms with Gasteiger partial charge < -0.3 is 36.2 Å². The van der Waals surface area contributed by atoms with Crippen molar-refractivity contribution in [3.8, 4) is 17.1 Å². The summed E-state index contributed by atoms with van der Waals surface area (Å²) in [7, 11) is -4.22. The predicted molar refractivity (Wildman–Crippen MR) is 135 cm³/mol. The minimum atomic E-state index is -4.22. The zero-order valence-corrected chi connectivity index (χ0v) is 21.0. The van der Waals surface area contributed by atoms with Gasteiger partial charge in [0.15, 0.2) is 17.3 Å². The van der Waals surface area contributed by atoms with Gasteiger partial charge in [-0.1, -0.05) is 32.3 Å². The maximum atomic E-state index is 11.2. The van der Waals surface area contributed by atoms with Gasteiger partial charge in [0.1, 0.15) is 17.5 Å². The largest absolute Gasteiger partial charge is 0.507 e. The Balaban J connectivity index is 1.65. The highest BCUT2D eigenvalue weighted by Gasteiger charge is 2.37. The van der Waals surface area contributed by atoms with Crippen molar-refractivity contribution in [1.82, 2.24) is 19.5 Å². The summed E-state index contributed by atoms with van der Waals surface area (Å²) in [5, 5.41) is 21.4. The van der Waals surface area contributed by atoms with Crippen molar-refractivity contribution >= 4 is 30.3 Å². The zero-order valence-electron chi connectivity index (χ0n) is 20.1. The zero-order chi connectivity index (χ0) is 26.0. The number of phenols is 1. The summed E-state index contributed by atoms with van der Waals surface area (Å²) >= 11 is 0. The summed E-state index contributed by atoms with van der Waals surface area (Å²) in [6.07, 6.45) is 3.86. The quantitative estimate of drug-likeness (QED) is 0.130. The number of benzene rings is 1. The third kappa shape index (κ3) is 5.63. The standard InChI is InChI=1S/C23H33N6O6P/c1-2-3-4-5-6-13-7-8-14(24)18(20(13)31)22-27-21(25)19-23(28-22)29(12-26-19)17-11-15(30)16(35-17)9-10-36(32,33)34/h7-8,12,15-17,30-31H,2-6,9-11,24H2,1H3,(H2,25,27,28)(H2,32,33,34). The SMILES string of the molecule is CCCCCCc1ccc(N)c(-c2nc(N)c3ncn(C4CC(O)C(CCP(=O)(O)O)O4)c3n2)c1O. The molecule has 3 heterocycles. The van der Waals surface area contributed by atoms with Crippen LogP contribution in [0.25, 0.3) is 22.6 Å². The number of hydrogen-bond donors (Lipinski definition) is 6. The first-order valence-electron chi connectivity index (χ1n) is 12.1. The molecular formula is C23H33N6O6P. The van der Waals surface area contributed by atoms with E-state index in [-0.39, 0.29) is 35.8 Å². The molecular weight excluding hydrogens is 487 g/mol. The number of nitrogens with two attached hydrogens (primary N) is 2. The number of anilines is 2. The summed E-state index contributed by atoms with van der Waals surface area (Å²) in [6, 6.07) is 3.52. The third-order valence-electron chi connectivity index (χ3n) is 6.48. The van der Waals surface area contributed by atoms with Gasteiger partial charge in [-0.3, -0.25) is 9.13 Å². The fourth-order valence-electron chi connectivity index (χ4n) is 4.53. The molecule has 13 heteroatoms. The van der Waals surface area contributed by atoms with Crippen LogP contribution in [0.5, 0.6) is 5.75 Å². The monoisotopic (exact) mass is 520 g/mol. The Bertz CT molecular complexity index is 1280. The van der Waals surface area contributed by atoms with Crippen LogP contribution in [0.15, 0.2) is 18.5 Å². The molecule has 3 aromatic rings. The Labute approximate surface area is 208 Å². The first-order valence-corrected chi connectivity index (χ1v) is 13.9. The van der Waals surface area contributed by atoms with Gasteiger partial charge in [0.2, 0.25) is 0 Å². The lowest BCUT2D eigenvalue weighted by Crippen LogP contribution is -2.21. The number of aromatic nitrogens is 4. The molecule has 1 aliphatic heterocycles.